The van der Waals surface area contributed by atoms with E-state index in [9.17, 15) is 4.39 Å². The minimum atomic E-state index is -0.265. The van der Waals surface area contributed by atoms with E-state index in [1.54, 1.807) is 6.07 Å². The van der Waals surface area contributed by atoms with Gasteiger partial charge in [-0.15, -0.1) is 0 Å². The Hall–Kier alpha value is -2.49. The Bertz CT molecular complexity index is 1180. The van der Waals surface area contributed by atoms with Crippen LogP contribution in [0.15, 0.2) is 66.7 Å². The van der Waals surface area contributed by atoms with E-state index in [2.05, 4.69) is 53.4 Å². The molecule has 3 aromatic carbocycles. The Kier molecular flexibility index (Phi) is 7.12. The summed E-state index contributed by atoms with van der Waals surface area (Å²) in [6.45, 7) is 2.74. The minimum Gasteiger partial charge on any atom is -0.303 e. The van der Waals surface area contributed by atoms with Crippen molar-refractivity contribution in [3.8, 4) is 0 Å². The number of hydrogen-bond acceptors (Lipinski definition) is 1. The van der Waals surface area contributed by atoms with E-state index in [1.807, 2.05) is 6.07 Å². The van der Waals surface area contributed by atoms with Crippen LogP contribution in [0.5, 0.6) is 0 Å². The van der Waals surface area contributed by atoms with Gasteiger partial charge < -0.3 is 4.90 Å². The van der Waals surface area contributed by atoms with Gasteiger partial charge in [-0.05, 0) is 83.6 Å². The predicted octanol–water partition coefficient (Wildman–Crippen LogP) is 7.61. The number of aryl methyl sites for hydroxylation is 1. The van der Waals surface area contributed by atoms with Crippen LogP contribution in [-0.2, 0) is 12.8 Å². The van der Waals surface area contributed by atoms with E-state index in [0.717, 1.165) is 62.0 Å². The molecule has 2 aliphatic rings. The van der Waals surface area contributed by atoms with Crippen molar-refractivity contribution in [2.45, 2.75) is 32.1 Å². The van der Waals surface area contributed by atoms with E-state index in [4.69, 9.17) is 11.6 Å². The fourth-order valence-corrected chi connectivity index (χ4v) is 5.63. The van der Waals surface area contributed by atoms with Crippen molar-refractivity contribution in [3.63, 3.8) is 0 Å². The summed E-state index contributed by atoms with van der Waals surface area (Å²) in [6, 6.07) is 22.3. The number of alkyl halides is 1. The highest BCUT2D eigenvalue weighted by Gasteiger charge is 2.26. The van der Waals surface area contributed by atoms with Crippen molar-refractivity contribution in [1.82, 2.24) is 4.90 Å². The molecule has 0 unspecified atom stereocenters. The zero-order valence-electron chi connectivity index (χ0n) is 19.4. The third kappa shape index (κ3) is 4.96. The molecule has 1 aliphatic carbocycles. The third-order valence-corrected chi connectivity index (χ3v) is 7.36. The fraction of sp³-hybridized carbons (Fsp3) is 0.333. The molecular weight excluding hydrogens is 448 g/mol. The highest BCUT2D eigenvalue weighted by Crippen LogP contribution is 2.41. The Morgan fingerprint density at radius 1 is 0.912 bits per heavy atom. The summed E-state index contributed by atoms with van der Waals surface area (Å²) < 4.78 is 27.4. The number of allylic oxidation sites excluding steroid dienone is 1. The average Bonchev–Trinajstić information content (AvgIpc) is 3.00. The van der Waals surface area contributed by atoms with Gasteiger partial charge in [0.05, 0.1) is 6.67 Å². The standard InChI is InChI=1S/C30H30ClF2N/c31-25-13-14-27(29(33)18-25)28-8-3-6-23-5-1-2-7-26(23)30(28)24-11-9-21(10-12-24)17-22-19-34(20-22)16-4-15-32/h1-2,5,7,9-14,18,22H,3-4,6,8,15-17,19-20H2. The summed E-state index contributed by atoms with van der Waals surface area (Å²) in [7, 11) is 0. The molecule has 3 aromatic rings. The zero-order valence-corrected chi connectivity index (χ0v) is 20.1. The van der Waals surface area contributed by atoms with Gasteiger partial charge in [0.25, 0.3) is 0 Å². The zero-order chi connectivity index (χ0) is 23.5. The largest absolute Gasteiger partial charge is 0.303 e. The van der Waals surface area contributed by atoms with Gasteiger partial charge >= 0.3 is 0 Å². The Morgan fingerprint density at radius 3 is 2.47 bits per heavy atom. The topological polar surface area (TPSA) is 3.24 Å². The van der Waals surface area contributed by atoms with Gasteiger partial charge in [-0.25, -0.2) is 4.39 Å². The average molecular weight is 478 g/mol. The molecule has 0 saturated carbocycles. The van der Waals surface area contributed by atoms with Gasteiger partial charge in [-0.3, -0.25) is 4.39 Å². The molecule has 0 atom stereocenters. The van der Waals surface area contributed by atoms with Crippen molar-refractivity contribution in [1.29, 1.82) is 0 Å². The first-order valence-corrected chi connectivity index (χ1v) is 12.6. The first-order chi connectivity index (χ1) is 16.6. The number of fused-ring (bicyclic) bond motifs is 1. The number of rotatable bonds is 7. The number of hydrogen-bond donors (Lipinski definition) is 0. The Labute approximate surface area is 206 Å². The summed E-state index contributed by atoms with van der Waals surface area (Å²) in [5, 5.41) is 0.418. The molecule has 0 aromatic heterocycles. The third-order valence-electron chi connectivity index (χ3n) is 7.13. The Balaban J connectivity index is 1.47. The number of likely N-dealkylation sites (tertiary alicyclic amines) is 1. The normalized spacial score (nSPS) is 16.8. The maximum absolute atomic E-state index is 15.1. The highest BCUT2D eigenvalue weighted by molar-refractivity contribution is 6.30. The predicted molar refractivity (Wildman–Crippen MR) is 137 cm³/mol. The quantitative estimate of drug-likeness (QED) is 0.338. The van der Waals surface area contributed by atoms with Crippen LogP contribution in [0.2, 0.25) is 5.02 Å². The second kappa shape index (κ2) is 10.4. The van der Waals surface area contributed by atoms with Crippen molar-refractivity contribution >= 4 is 22.7 Å². The van der Waals surface area contributed by atoms with Gasteiger partial charge in [0.1, 0.15) is 5.82 Å². The lowest BCUT2D eigenvalue weighted by Crippen LogP contribution is -2.47. The first kappa shape index (κ1) is 23.3. The second-order valence-electron chi connectivity index (χ2n) is 9.56. The van der Waals surface area contributed by atoms with E-state index in [0.29, 0.717) is 22.9 Å². The lowest BCUT2D eigenvalue weighted by atomic mass is 9.86. The Morgan fingerprint density at radius 2 is 1.71 bits per heavy atom. The van der Waals surface area contributed by atoms with Crippen molar-refractivity contribution in [3.05, 3.63) is 105 Å². The molecule has 5 rings (SSSR count). The number of halogens is 3. The molecule has 1 saturated heterocycles. The lowest BCUT2D eigenvalue weighted by molar-refractivity contribution is 0.0968. The number of benzene rings is 3. The van der Waals surface area contributed by atoms with Crippen molar-refractivity contribution in [2.75, 3.05) is 26.3 Å². The van der Waals surface area contributed by atoms with Gasteiger partial charge in [-0.1, -0.05) is 66.2 Å². The summed E-state index contributed by atoms with van der Waals surface area (Å²) in [5.74, 6) is 0.375. The molecule has 1 aliphatic heterocycles. The van der Waals surface area contributed by atoms with E-state index in [1.165, 1.54) is 22.8 Å². The SMILES string of the molecule is FCCCN1CC(Cc2ccc(C3=C(c4ccc(Cl)cc4F)CCCc4ccccc43)cc2)C1. The second-order valence-corrected chi connectivity index (χ2v) is 9.99. The summed E-state index contributed by atoms with van der Waals surface area (Å²) >= 11 is 6.06. The van der Waals surface area contributed by atoms with Crippen LogP contribution in [0.4, 0.5) is 8.78 Å². The van der Waals surface area contributed by atoms with Crippen LogP contribution in [0.3, 0.4) is 0 Å². The van der Waals surface area contributed by atoms with Crippen molar-refractivity contribution in [2.24, 2.45) is 5.92 Å². The highest BCUT2D eigenvalue weighted by atomic mass is 35.5. The van der Waals surface area contributed by atoms with Gasteiger partial charge in [0.2, 0.25) is 0 Å². The molecule has 0 bridgehead atoms. The summed E-state index contributed by atoms with van der Waals surface area (Å²) in [6.07, 6.45) is 4.46. The van der Waals surface area contributed by atoms with Crippen LogP contribution >= 0.6 is 11.6 Å². The summed E-state index contributed by atoms with van der Waals surface area (Å²) in [4.78, 5) is 2.33. The van der Waals surface area contributed by atoms with Crippen LogP contribution in [0.1, 0.15) is 47.1 Å². The maximum Gasteiger partial charge on any atom is 0.132 e. The molecule has 176 valence electrons. The molecule has 0 amide bonds. The van der Waals surface area contributed by atoms with E-state index < -0.39 is 0 Å². The van der Waals surface area contributed by atoms with Gasteiger partial charge in [0.15, 0.2) is 0 Å². The molecule has 0 radical (unpaired) electrons. The van der Waals surface area contributed by atoms with Crippen LogP contribution in [0, 0.1) is 11.7 Å². The van der Waals surface area contributed by atoms with E-state index >= 15 is 4.39 Å². The lowest BCUT2D eigenvalue weighted by Gasteiger charge is -2.39. The fourth-order valence-electron chi connectivity index (χ4n) is 5.47. The smallest absolute Gasteiger partial charge is 0.132 e. The van der Waals surface area contributed by atoms with E-state index in [-0.39, 0.29) is 12.5 Å². The molecule has 1 heterocycles. The van der Waals surface area contributed by atoms with Gasteiger partial charge in [0, 0.05) is 30.2 Å². The number of nitrogens with zero attached hydrogens (tertiary/aromatic N) is 1. The van der Waals surface area contributed by atoms with Crippen LogP contribution in [-0.4, -0.2) is 31.2 Å². The molecule has 4 heteroatoms. The molecule has 1 nitrogen and oxygen atoms in total. The summed E-state index contributed by atoms with van der Waals surface area (Å²) in [5.41, 5.74) is 7.77. The first-order valence-electron chi connectivity index (χ1n) is 12.3. The molecular formula is C30H30ClF2N. The molecule has 0 N–H and O–H groups in total. The monoisotopic (exact) mass is 477 g/mol. The molecule has 0 spiro atoms. The van der Waals surface area contributed by atoms with Gasteiger partial charge in [-0.2, -0.15) is 0 Å². The molecule has 1 fully saturated rings. The van der Waals surface area contributed by atoms with Crippen LogP contribution < -0.4 is 0 Å². The minimum absolute atomic E-state index is 0.233. The molecule has 34 heavy (non-hydrogen) atoms. The van der Waals surface area contributed by atoms with Crippen LogP contribution in [0.25, 0.3) is 11.1 Å². The van der Waals surface area contributed by atoms with Crippen molar-refractivity contribution < 1.29 is 8.78 Å². The maximum atomic E-state index is 15.1.